The number of carbonyl (C=O) groups excluding carboxylic acids is 2. The van der Waals surface area contributed by atoms with Crippen molar-refractivity contribution in [2.45, 2.75) is 12.5 Å². The number of hydrogen-bond acceptors (Lipinski definition) is 8. The number of nitrogens with zero attached hydrogens (tertiary/aromatic N) is 1. The van der Waals surface area contributed by atoms with Crippen LogP contribution in [0.3, 0.4) is 0 Å². The minimum atomic E-state index is -0.879. The average molecular weight is 431 g/mol. The summed E-state index contributed by atoms with van der Waals surface area (Å²) < 4.78 is 26.5. The van der Waals surface area contributed by atoms with Gasteiger partial charge in [0.1, 0.15) is 0 Å². The zero-order valence-corrected chi connectivity index (χ0v) is 17.8. The number of ether oxygens (including phenoxy) is 4. The molecular weight excluding hydrogens is 406 g/mol. The Balaban J connectivity index is 2.15. The summed E-state index contributed by atoms with van der Waals surface area (Å²) in [4.78, 5) is 27.5. The highest BCUT2D eigenvalue weighted by Gasteiger charge is 2.44. The number of carbonyl (C=O) groups is 2. The van der Waals surface area contributed by atoms with Gasteiger partial charge in [-0.15, -0.1) is 0 Å². The largest absolute Gasteiger partial charge is 0.503 e. The maximum absolute atomic E-state index is 13.2. The van der Waals surface area contributed by atoms with E-state index in [1.807, 2.05) is 0 Å². The summed E-state index contributed by atoms with van der Waals surface area (Å²) in [5, 5.41) is 10.6. The molecule has 1 aliphatic heterocycles. The van der Waals surface area contributed by atoms with Crippen molar-refractivity contribution in [2.75, 3.05) is 41.6 Å². The van der Waals surface area contributed by atoms with Gasteiger partial charge in [0.25, 0.3) is 5.91 Å². The molecule has 1 amide bonds. The van der Waals surface area contributed by atoms with E-state index in [9.17, 15) is 14.7 Å². The van der Waals surface area contributed by atoms with Gasteiger partial charge in [0, 0.05) is 20.3 Å². The highest BCUT2D eigenvalue weighted by Crippen LogP contribution is 2.45. The molecule has 0 fully saturated rings. The third-order valence-electron chi connectivity index (χ3n) is 5.04. The predicted molar refractivity (Wildman–Crippen MR) is 110 cm³/mol. The van der Waals surface area contributed by atoms with E-state index in [0.29, 0.717) is 35.8 Å². The summed E-state index contributed by atoms with van der Waals surface area (Å²) >= 11 is 0. The van der Waals surface area contributed by atoms with Crippen molar-refractivity contribution < 1.29 is 38.1 Å². The van der Waals surface area contributed by atoms with Gasteiger partial charge >= 0.3 is 0 Å². The Labute approximate surface area is 179 Å². The van der Waals surface area contributed by atoms with Crippen molar-refractivity contribution in [3.63, 3.8) is 0 Å². The molecule has 3 rings (SSSR count). The molecule has 2 aromatic rings. The molecule has 0 saturated carbocycles. The standard InChI is InChI=1S/C22H25NO8/c1-27-9-6-8-23-18(13-11-15(28-2)21(30-4)16(12-13)29-3)17(20(25)22(23)26)19(24)14-7-5-10-31-14/h5,7,10-12,18,25H,6,8-9H2,1-4H3. The van der Waals surface area contributed by atoms with Crippen LogP contribution < -0.4 is 14.2 Å². The molecule has 9 nitrogen and oxygen atoms in total. The molecule has 0 radical (unpaired) electrons. The normalized spacial score (nSPS) is 16.1. The lowest BCUT2D eigenvalue weighted by atomic mass is 9.94. The Morgan fingerprint density at radius 2 is 1.81 bits per heavy atom. The predicted octanol–water partition coefficient (Wildman–Crippen LogP) is 2.92. The Morgan fingerprint density at radius 1 is 1.13 bits per heavy atom. The van der Waals surface area contributed by atoms with Crippen LogP contribution in [0.25, 0.3) is 0 Å². The summed E-state index contributed by atoms with van der Waals surface area (Å²) in [6.07, 6.45) is 1.87. The third kappa shape index (κ3) is 4.09. The van der Waals surface area contributed by atoms with Gasteiger partial charge in [-0.25, -0.2) is 0 Å². The first kappa shape index (κ1) is 22.2. The number of hydrogen-bond donors (Lipinski definition) is 1. The molecule has 0 spiro atoms. The maximum atomic E-state index is 13.2. The van der Waals surface area contributed by atoms with Crippen LogP contribution in [0.1, 0.15) is 28.6 Å². The summed E-state index contributed by atoms with van der Waals surface area (Å²) in [5.74, 6) is -0.734. The molecular formula is C22H25NO8. The number of ketones is 1. The van der Waals surface area contributed by atoms with Crippen molar-refractivity contribution in [2.24, 2.45) is 0 Å². The number of aliphatic hydroxyl groups is 1. The lowest BCUT2D eigenvalue weighted by Crippen LogP contribution is -2.32. The number of amides is 1. The Bertz CT molecular complexity index is 954. The van der Waals surface area contributed by atoms with Crippen molar-refractivity contribution >= 4 is 11.7 Å². The van der Waals surface area contributed by atoms with E-state index >= 15 is 0 Å². The average Bonchev–Trinajstić information content (AvgIpc) is 3.41. The molecule has 1 unspecified atom stereocenters. The van der Waals surface area contributed by atoms with Gasteiger partial charge in [-0.2, -0.15) is 0 Å². The first-order valence-electron chi connectivity index (χ1n) is 9.59. The van der Waals surface area contributed by atoms with Crippen LogP contribution in [-0.2, 0) is 9.53 Å². The van der Waals surface area contributed by atoms with E-state index < -0.39 is 23.5 Å². The van der Waals surface area contributed by atoms with Gasteiger partial charge in [-0.3, -0.25) is 9.59 Å². The molecule has 0 saturated heterocycles. The van der Waals surface area contributed by atoms with Crippen molar-refractivity contribution in [3.05, 3.63) is 53.2 Å². The summed E-state index contributed by atoms with van der Waals surface area (Å²) in [6, 6.07) is 5.46. The number of methoxy groups -OCH3 is 4. The van der Waals surface area contributed by atoms with Crippen LogP contribution in [0, 0.1) is 0 Å². The van der Waals surface area contributed by atoms with Crippen LogP contribution in [0.2, 0.25) is 0 Å². The van der Waals surface area contributed by atoms with E-state index in [1.165, 1.54) is 38.6 Å². The van der Waals surface area contributed by atoms with E-state index in [4.69, 9.17) is 23.4 Å². The number of furan rings is 1. The lowest BCUT2D eigenvalue weighted by Gasteiger charge is -2.27. The Kier molecular flexibility index (Phi) is 6.86. The highest BCUT2D eigenvalue weighted by atomic mass is 16.5. The zero-order valence-electron chi connectivity index (χ0n) is 17.8. The molecule has 1 aliphatic rings. The van der Waals surface area contributed by atoms with E-state index in [1.54, 1.807) is 25.3 Å². The van der Waals surface area contributed by atoms with Crippen molar-refractivity contribution in [1.82, 2.24) is 4.90 Å². The summed E-state index contributed by atoms with van der Waals surface area (Å²) in [7, 11) is 5.98. The van der Waals surface area contributed by atoms with Crippen LogP contribution in [0.4, 0.5) is 0 Å². The molecule has 0 aliphatic carbocycles. The molecule has 31 heavy (non-hydrogen) atoms. The highest BCUT2D eigenvalue weighted by molar-refractivity contribution is 6.15. The minimum absolute atomic E-state index is 0.0190. The van der Waals surface area contributed by atoms with Crippen LogP contribution in [0.15, 0.2) is 46.3 Å². The van der Waals surface area contributed by atoms with E-state index in [-0.39, 0.29) is 17.9 Å². The molecule has 1 aromatic carbocycles. The minimum Gasteiger partial charge on any atom is -0.503 e. The smallest absolute Gasteiger partial charge is 0.290 e. The Morgan fingerprint density at radius 3 is 2.32 bits per heavy atom. The van der Waals surface area contributed by atoms with Crippen LogP contribution in [-0.4, -0.2) is 63.3 Å². The van der Waals surface area contributed by atoms with Crippen molar-refractivity contribution in [3.8, 4) is 17.2 Å². The molecule has 0 bridgehead atoms. The first-order chi connectivity index (χ1) is 15.0. The topological polar surface area (TPSA) is 108 Å². The van der Waals surface area contributed by atoms with Gasteiger partial charge in [0.15, 0.2) is 23.0 Å². The Hall–Kier alpha value is -3.46. The molecule has 2 heterocycles. The fraction of sp³-hybridized carbons (Fsp3) is 0.364. The number of aliphatic hydroxyl groups excluding tert-OH is 1. The van der Waals surface area contributed by atoms with Gasteiger partial charge in [-0.1, -0.05) is 0 Å². The molecule has 9 heteroatoms. The van der Waals surface area contributed by atoms with Crippen molar-refractivity contribution in [1.29, 1.82) is 0 Å². The van der Waals surface area contributed by atoms with Gasteiger partial charge < -0.3 is 33.4 Å². The van der Waals surface area contributed by atoms with Gasteiger partial charge in [0.2, 0.25) is 11.5 Å². The van der Waals surface area contributed by atoms with E-state index in [0.717, 1.165) is 0 Å². The van der Waals surface area contributed by atoms with Crippen LogP contribution >= 0.6 is 0 Å². The number of rotatable bonds is 10. The number of benzene rings is 1. The molecule has 166 valence electrons. The number of Topliss-reactive ketones (excluding diaryl/α,β-unsaturated/α-hetero) is 1. The molecule has 1 N–H and O–H groups in total. The first-order valence-corrected chi connectivity index (χ1v) is 9.59. The lowest BCUT2D eigenvalue weighted by molar-refractivity contribution is -0.129. The third-order valence-corrected chi connectivity index (χ3v) is 5.04. The van der Waals surface area contributed by atoms with E-state index in [2.05, 4.69) is 0 Å². The van der Waals surface area contributed by atoms with Gasteiger partial charge in [0.05, 0.1) is 39.2 Å². The second-order valence-corrected chi connectivity index (χ2v) is 6.77. The van der Waals surface area contributed by atoms with Gasteiger partial charge in [-0.05, 0) is 36.2 Å². The fourth-order valence-electron chi connectivity index (χ4n) is 3.64. The maximum Gasteiger partial charge on any atom is 0.290 e. The zero-order chi connectivity index (χ0) is 22.5. The summed E-state index contributed by atoms with van der Waals surface area (Å²) in [5.41, 5.74) is 0.436. The molecule has 1 aromatic heterocycles. The van der Waals surface area contributed by atoms with Crippen LogP contribution in [0.5, 0.6) is 17.2 Å². The quantitative estimate of drug-likeness (QED) is 0.452. The summed E-state index contributed by atoms with van der Waals surface area (Å²) in [6.45, 7) is 0.668. The SMILES string of the molecule is COCCCN1C(=O)C(O)=C(C(=O)c2ccco2)C1c1cc(OC)c(OC)c(OC)c1. The fourth-order valence-corrected chi connectivity index (χ4v) is 3.64. The second-order valence-electron chi connectivity index (χ2n) is 6.77. The monoisotopic (exact) mass is 431 g/mol. The second kappa shape index (κ2) is 9.57. The molecule has 1 atom stereocenters.